The minimum absolute atomic E-state index is 0.380. The first-order valence-corrected chi connectivity index (χ1v) is 7.72. The third kappa shape index (κ3) is 2.80. The molecule has 3 nitrogen and oxygen atoms in total. The zero-order valence-electron chi connectivity index (χ0n) is 11.1. The van der Waals surface area contributed by atoms with Crippen molar-refractivity contribution in [1.82, 2.24) is 10.3 Å². The highest BCUT2D eigenvalue weighted by Crippen LogP contribution is 2.25. The summed E-state index contributed by atoms with van der Waals surface area (Å²) in [4.78, 5) is 4.41. The molecule has 100 valence electrons. The van der Waals surface area contributed by atoms with Gasteiger partial charge in [-0.1, -0.05) is 25.1 Å². The lowest BCUT2D eigenvalue weighted by molar-refractivity contribution is 0.495. The number of hydrogen-bond acceptors (Lipinski definition) is 4. The van der Waals surface area contributed by atoms with E-state index in [-0.39, 0.29) is 0 Å². The van der Waals surface area contributed by atoms with Crippen LogP contribution in [0.2, 0.25) is 0 Å². The van der Waals surface area contributed by atoms with Gasteiger partial charge in [-0.25, -0.2) is 4.98 Å². The van der Waals surface area contributed by atoms with Crippen LogP contribution >= 0.6 is 11.3 Å². The van der Waals surface area contributed by atoms with E-state index in [1.54, 1.807) is 11.3 Å². The maximum Gasteiger partial charge on any atom is 0.109 e. The first kappa shape index (κ1) is 12.6. The lowest BCUT2D eigenvalue weighted by Crippen LogP contribution is -2.33. The highest BCUT2D eigenvalue weighted by atomic mass is 32.1. The molecule has 0 saturated carbocycles. The SMILES string of the molecule is CCC(NCC1Cc2ccccc2N1)c1nccs1. The number of anilines is 1. The predicted octanol–water partition coefficient (Wildman–Crippen LogP) is 3.22. The van der Waals surface area contributed by atoms with Gasteiger partial charge in [0.25, 0.3) is 0 Å². The Hall–Kier alpha value is -1.39. The monoisotopic (exact) mass is 273 g/mol. The van der Waals surface area contributed by atoms with E-state index in [9.17, 15) is 0 Å². The van der Waals surface area contributed by atoms with Crippen molar-refractivity contribution >= 4 is 17.0 Å². The molecule has 4 heteroatoms. The molecule has 0 amide bonds. The van der Waals surface area contributed by atoms with Gasteiger partial charge in [-0.05, 0) is 24.5 Å². The maximum atomic E-state index is 4.41. The summed E-state index contributed by atoms with van der Waals surface area (Å²) in [6.07, 6.45) is 4.07. The largest absolute Gasteiger partial charge is 0.380 e. The van der Waals surface area contributed by atoms with Crippen LogP contribution in [0.5, 0.6) is 0 Å². The van der Waals surface area contributed by atoms with Crippen LogP contribution in [0.1, 0.15) is 30.0 Å². The van der Waals surface area contributed by atoms with Crippen LogP contribution in [0.4, 0.5) is 5.69 Å². The van der Waals surface area contributed by atoms with Crippen molar-refractivity contribution in [2.24, 2.45) is 0 Å². The molecule has 1 aliphatic heterocycles. The predicted molar refractivity (Wildman–Crippen MR) is 80.7 cm³/mol. The maximum absolute atomic E-state index is 4.41. The molecule has 2 atom stereocenters. The zero-order chi connectivity index (χ0) is 13.1. The summed E-state index contributed by atoms with van der Waals surface area (Å²) in [6, 6.07) is 9.44. The number of hydrogen-bond donors (Lipinski definition) is 2. The summed E-state index contributed by atoms with van der Waals surface area (Å²) in [6.45, 7) is 3.18. The minimum atomic E-state index is 0.380. The molecular formula is C15H19N3S. The fraction of sp³-hybridized carbons (Fsp3) is 0.400. The summed E-state index contributed by atoms with van der Waals surface area (Å²) in [5, 5.41) is 10.5. The molecule has 3 rings (SSSR count). The molecule has 1 aromatic heterocycles. The highest BCUT2D eigenvalue weighted by Gasteiger charge is 2.21. The molecule has 0 fully saturated rings. The van der Waals surface area contributed by atoms with Gasteiger partial charge in [-0.2, -0.15) is 0 Å². The van der Waals surface area contributed by atoms with E-state index in [0.29, 0.717) is 12.1 Å². The van der Waals surface area contributed by atoms with Crippen LogP contribution in [0.15, 0.2) is 35.8 Å². The molecule has 0 radical (unpaired) electrons. The molecule has 1 aliphatic rings. The molecule has 2 unspecified atom stereocenters. The van der Waals surface area contributed by atoms with E-state index in [2.05, 4.69) is 46.8 Å². The molecule has 2 heterocycles. The third-order valence-electron chi connectivity index (χ3n) is 3.61. The van der Waals surface area contributed by atoms with Gasteiger partial charge in [-0.3, -0.25) is 0 Å². The Balaban J connectivity index is 1.56. The van der Waals surface area contributed by atoms with E-state index < -0.39 is 0 Å². The Morgan fingerprint density at radius 3 is 3.11 bits per heavy atom. The Bertz CT molecular complexity index is 499. The van der Waals surface area contributed by atoms with Crippen LogP contribution in [0.25, 0.3) is 0 Å². The Morgan fingerprint density at radius 1 is 1.47 bits per heavy atom. The molecule has 0 spiro atoms. The van der Waals surface area contributed by atoms with Crippen molar-refractivity contribution in [3.63, 3.8) is 0 Å². The second-order valence-corrected chi connectivity index (χ2v) is 5.87. The molecule has 0 saturated heterocycles. The Kier molecular flexibility index (Phi) is 3.80. The number of nitrogens with one attached hydrogen (secondary N) is 2. The van der Waals surface area contributed by atoms with Gasteiger partial charge >= 0.3 is 0 Å². The minimum Gasteiger partial charge on any atom is -0.380 e. The summed E-state index contributed by atoms with van der Waals surface area (Å²) in [5.74, 6) is 0. The summed E-state index contributed by atoms with van der Waals surface area (Å²) < 4.78 is 0. The van der Waals surface area contributed by atoms with Crippen molar-refractivity contribution in [3.8, 4) is 0 Å². The normalized spacial score (nSPS) is 18.9. The molecular weight excluding hydrogens is 254 g/mol. The van der Waals surface area contributed by atoms with Crippen LogP contribution in [-0.2, 0) is 6.42 Å². The number of thiazole rings is 1. The number of para-hydroxylation sites is 1. The Morgan fingerprint density at radius 2 is 2.37 bits per heavy atom. The fourth-order valence-corrected chi connectivity index (χ4v) is 3.39. The summed E-state index contributed by atoms with van der Waals surface area (Å²) in [7, 11) is 0. The van der Waals surface area contributed by atoms with Gasteiger partial charge in [0.2, 0.25) is 0 Å². The molecule has 0 bridgehead atoms. The van der Waals surface area contributed by atoms with Crippen molar-refractivity contribution < 1.29 is 0 Å². The second-order valence-electron chi connectivity index (χ2n) is 4.94. The first-order chi connectivity index (χ1) is 9.36. The standard InChI is InChI=1S/C15H19N3S/c1-2-13(15-16-7-8-19-15)17-10-12-9-11-5-3-4-6-14(11)18-12/h3-8,12-13,17-18H,2,9-10H2,1H3. The molecule has 1 aromatic carbocycles. The summed E-state index contributed by atoms with van der Waals surface area (Å²) in [5.41, 5.74) is 2.72. The van der Waals surface area contributed by atoms with Crippen molar-refractivity contribution in [1.29, 1.82) is 0 Å². The quantitative estimate of drug-likeness (QED) is 0.878. The van der Waals surface area contributed by atoms with E-state index in [1.165, 1.54) is 16.3 Å². The lowest BCUT2D eigenvalue weighted by Gasteiger charge is -2.18. The van der Waals surface area contributed by atoms with Crippen LogP contribution in [0.3, 0.4) is 0 Å². The van der Waals surface area contributed by atoms with E-state index in [4.69, 9.17) is 0 Å². The van der Waals surface area contributed by atoms with Crippen molar-refractivity contribution in [3.05, 3.63) is 46.4 Å². The van der Waals surface area contributed by atoms with Gasteiger partial charge in [-0.15, -0.1) is 11.3 Å². The number of aromatic nitrogens is 1. The number of fused-ring (bicyclic) bond motifs is 1. The molecule has 2 N–H and O–H groups in total. The average molecular weight is 273 g/mol. The molecule has 0 aliphatic carbocycles. The molecule has 19 heavy (non-hydrogen) atoms. The summed E-state index contributed by atoms with van der Waals surface area (Å²) >= 11 is 1.73. The van der Waals surface area contributed by atoms with Gasteiger partial charge in [0.05, 0.1) is 6.04 Å². The van der Waals surface area contributed by atoms with Crippen LogP contribution in [0, 0.1) is 0 Å². The van der Waals surface area contributed by atoms with E-state index in [1.807, 2.05) is 11.6 Å². The van der Waals surface area contributed by atoms with Gasteiger partial charge < -0.3 is 10.6 Å². The van der Waals surface area contributed by atoms with E-state index in [0.717, 1.165) is 19.4 Å². The number of rotatable bonds is 5. The van der Waals surface area contributed by atoms with Gasteiger partial charge in [0.15, 0.2) is 0 Å². The van der Waals surface area contributed by atoms with Crippen LogP contribution < -0.4 is 10.6 Å². The fourth-order valence-electron chi connectivity index (χ4n) is 2.60. The third-order valence-corrected chi connectivity index (χ3v) is 4.50. The van der Waals surface area contributed by atoms with Crippen LogP contribution in [-0.4, -0.2) is 17.6 Å². The van der Waals surface area contributed by atoms with Gasteiger partial charge in [0, 0.05) is 29.9 Å². The van der Waals surface area contributed by atoms with E-state index >= 15 is 0 Å². The average Bonchev–Trinajstić information content (AvgIpc) is 3.08. The lowest BCUT2D eigenvalue weighted by atomic mass is 10.1. The molecule has 2 aromatic rings. The van der Waals surface area contributed by atoms with Gasteiger partial charge in [0.1, 0.15) is 5.01 Å². The highest BCUT2D eigenvalue weighted by molar-refractivity contribution is 7.09. The smallest absolute Gasteiger partial charge is 0.109 e. The first-order valence-electron chi connectivity index (χ1n) is 6.84. The Labute approximate surface area is 118 Å². The number of benzene rings is 1. The topological polar surface area (TPSA) is 37.0 Å². The zero-order valence-corrected chi connectivity index (χ0v) is 11.9. The number of nitrogens with zero attached hydrogens (tertiary/aromatic N) is 1. The van der Waals surface area contributed by atoms with Crippen molar-refractivity contribution in [2.45, 2.75) is 31.8 Å². The van der Waals surface area contributed by atoms with Crippen molar-refractivity contribution in [2.75, 3.05) is 11.9 Å². The second kappa shape index (κ2) is 5.72.